The quantitative estimate of drug-likeness (QED) is 0.776. The molecule has 3 rings (SSSR count). The molecule has 3 heterocycles. The Labute approximate surface area is 139 Å². The second-order valence-electron chi connectivity index (χ2n) is 4.47. The topological polar surface area (TPSA) is 86.9 Å². The summed E-state index contributed by atoms with van der Waals surface area (Å²) in [6.45, 7) is 0. The molecule has 112 valence electrons. The number of hydrogen-bond donors (Lipinski definition) is 1. The smallest absolute Gasteiger partial charge is 0.354 e. The summed E-state index contributed by atoms with van der Waals surface area (Å²) in [5, 5.41) is 24.9. The Balaban J connectivity index is 1.89. The van der Waals surface area contributed by atoms with Gasteiger partial charge in [0.2, 0.25) is 0 Å². The third kappa shape index (κ3) is 3.34. The van der Waals surface area contributed by atoms with Gasteiger partial charge in [0.15, 0.2) is 0 Å². The first-order valence-corrected chi connectivity index (χ1v) is 8.30. The normalized spacial score (nSPS) is 10.7. The molecule has 0 spiro atoms. The summed E-state index contributed by atoms with van der Waals surface area (Å²) in [5.41, 5.74) is 2.35. The summed E-state index contributed by atoms with van der Waals surface area (Å²) in [6.07, 6.45) is 3.33. The summed E-state index contributed by atoms with van der Waals surface area (Å²) in [5.74, 6) is -1.13. The van der Waals surface area contributed by atoms with Crippen LogP contribution in [0.4, 0.5) is 0 Å². The average Bonchev–Trinajstić information content (AvgIpc) is 3.23. The highest BCUT2D eigenvalue weighted by atomic mass is 32.1. The van der Waals surface area contributed by atoms with E-state index in [-0.39, 0.29) is 5.69 Å². The van der Waals surface area contributed by atoms with Crippen molar-refractivity contribution in [3.63, 3.8) is 0 Å². The van der Waals surface area contributed by atoms with Gasteiger partial charge in [0.1, 0.15) is 16.8 Å². The van der Waals surface area contributed by atoms with E-state index in [4.69, 9.17) is 10.4 Å². The molecule has 3 aromatic heterocycles. The van der Waals surface area contributed by atoms with Gasteiger partial charge in [0, 0.05) is 16.3 Å². The molecule has 0 radical (unpaired) electrons. The molecule has 0 aliphatic heterocycles. The maximum absolute atomic E-state index is 11.0. The molecule has 0 saturated carbocycles. The Hall–Kier alpha value is -2.82. The molecule has 0 aliphatic rings. The Kier molecular flexibility index (Phi) is 4.28. The summed E-state index contributed by atoms with van der Waals surface area (Å²) in [7, 11) is 0. The van der Waals surface area contributed by atoms with Gasteiger partial charge in [-0.2, -0.15) is 16.6 Å². The molecular weight excluding hydrogens is 330 g/mol. The third-order valence-electron chi connectivity index (χ3n) is 2.97. The molecule has 0 aliphatic carbocycles. The molecule has 0 fully saturated rings. The number of hydrogen-bond acceptors (Lipinski definition) is 6. The van der Waals surface area contributed by atoms with Crippen LogP contribution in [0.1, 0.15) is 27.4 Å². The van der Waals surface area contributed by atoms with Crippen molar-refractivity contribution in [2.24, 2.45) is 0 Å². The van der Waals surface area contributed by atoms with Gasteiger partial charge in [0.25, 0.3) is 0 Å². The fourth-order valence-electron chi connectivity index (χ4n) is 1.86. The molecule has 1 N–H and O–H groups in total. The van der Waals surface area contributed by atoms with Crippen molar-refractivity contribution in [2.45, 2.75) is 0 Å². The van der Waals surface area contributed by atoms with Crippen LogP contribution in [0.5, 0.6) is 0 Å². The van der Waals surface area contributed by atoms with E-state index in [1.54, 1.807) is 23.5 Å². The van der Waals surface area contributed by atoms with Crippen molar-refractivity contribution in [1.82, 2.24) is 9.97 Å². The van der Waals surface area contributed by atoms with Crippen LogP contribution in [0, 0.1) is 11.3 Å². The number of rotatable bonds is 4. The zero-order chi connectivity index (χ0) is 16.2. The SMILES string of the molecule is N#Cc1ccc(C(=O)O)nc1/C=C/c1csc(-c2ccsc2)n1. The second-order valence-corrected chi connectivity index (χ2v) is 6.11. The first kappa shape index (κ1) is 15.1. The predicted molar refractivity (Wildman–Crippen MR) is 90.3 cm³/mol. The van der Waals surface area contributed by atoms with Crippen LogP contribution >= 0.6 is 22.7 Å². The first-order chi connectivity index (χ1) is 11.2. The van der Waals surface area contributed by atoms with Crippen LogP contribution < -0.4 is 0 Å². The van der Waals surface area contributed by atoms with Gasteiger partial charge in [-0.25, -0.2) is 14.8 Å². The Bertz CT molecular complexity index is 921. The van der Waals surface area contributed by atoms with Gasteiger partial charge >= 0.3 is 5.97 Å². The number of carboxylic acid groups (broad SMARTS) is 1. The van der Waals surface area contributed by atoms with E-state index in [9.17, 15) is 4.79 Å². The van der Waals surface area contributed by atoms with Crippen LogP contribution in [-0.2, 0) is 0 Å². The number of carboxylic acids is 1. The summed E-state index contributed by atoms with van der Waals surface area (Å²) in [6, 6.07) is 6.77. The lowest BCUT2D eigenvalue weighted by molar-refractivity contribution is 0.0690. The maximum Gasteiger partial charge on any atom is 0.354 e. The number of pyridine rings is 1. The highest BCUT2D eigenvalue weighted by Crippen LogP contribution is 2.26. The van der Waals surface area contributed by atoms with Crippen molar-refractivity contribution in [3.8, 4) is 16.6 Å². The van der Waals surface area contributed by atoms with Crippen molar-refractivity contribution < 1.29 is 9.90 Å². The highest BCUT2D eigenvalue weighted by Gasteiger charge is 2.09. The van der Waals surface area contributed by atoms with Crippen molar-refractivity contribution in [2.75, 3.05) is 0 Å². The molecular formula is C16H9N3O2S2. The van der Waals surface area contributed by atoms with E-state index in [0.717, 1.165) is 16.3 Å². The molecule has 23 heavy (non-hydrogen) atoms. The number of thiophene rings is 1. The third-order valence-corrected chi connectivity index (χ3v) is 4.56. The van der Waals surface area contributed by atoms with E-state index in [1.807, 2.05) is 28.3 Å². The highest BCUT2D eigenvalue weighted by molar-refractivity contribution is 7.14. The minimum Gasteiger partial charge on any atom is -0.477 e. The lowest BCUT2D eigenvalue weighted by Crippen LogP contribution is -2.02. The zero-order valence-corrected chi connectivity index (χ0v) is 13.3. The number of carbonyl (C=O) groups is 1. The van der Waals surface area contributed by atoms with Crippen LogP contribution in [0.15, 0.2) is 34.3 Å². The Morgan fingerprint density at radius 1 is 1.22 bits per heavy atom. The van der Waals surface area contributed by atoms with E-state index in [1.165, 1.54) is 23.5 Å². The van der Waals surface area contributed by atoms with Gasteiger partial charge < -0.3 is 5.11 Å². The molecule has 3 aromatic rings. The number of thiazole rings is 1. The van der Waals surface area contributed by atoms with Gasteiger partial charge in [-0.05, 0) is 35.7 Å². The first-order valence-electron chi connectivity index (χ1n) is 6.48. The fourth-order valence-corrected chi connectivity index (χ4v) is 3.36. The fraction of sp³-hybridized carbons (Fsp3) is 0. The molecule has 0 unspecified atom stereocenters. The summed E-state index contributed by atoms with van der Waals surface area (Å²) in [4.78, 5) is 19.5. The van der Waals surface area contributed by atoms with Crippen LogP contribution in [0.25, 0.3) is 22.7 Å². The zero-order valence-electron chi connectivity index (χ0n) is 11.6. The number of nitrogens with zero attached hydrogens (tertiary/aromatic N) is 3. The lowest BCUT2D eigenvalue weighted by atomic mass is 10.1. The summed E-state index contributed by atoms with van der Waals surface area (Å²) < 4.78 is 0. The van der Waals surface area contributed by atoms with Gasteiger partial charge in [-0.3, -0.25) is 0 Å². The van der Waals surface area contributed by atoms with Crippen LogP contribution in [0.3, 0.4) is 0 Å². The number of aromatic carboxylic acids is 1. The molecule has 0 bridgehead atoms. The van der Waals surface area contributed by atoms with Gasteiger partial charge in [-0.15, -0.1) is 11.3 Å². The predicted octanol–water partition coefficient (Wildman–Crippen LogP) is 4.01. The molecule has 7 heteroatoms. The van der Waals surface area contributed by atoms with Crippen molar-refractivity contribution in [3.05, 3.63) is 57.0 Å². The maximum atomic E-state index is 11.0. The number of nitriles is 1. The average molecular weight is 339 g/mol. The van der Waals surface area contributed by atoms with Crippen molar-refractivity contribution in [1.29, 1.82) is 5.26 Å². The Morgan fingerprint density at radius 3 is 2.78 bits per heavy atom. The minimum absolute atomic E-state index is 0.0964. The minimum atomic E-state index is -1.13. The van der Waals surface area contributed by atoms with E-state index in [2.05, 4.69) is 9.97 Å². The lowest BCUT2D eigenvalue weighted by Gasteiger charge is -1.99. The largest absolute Gasteiger partial charge is 0.477 e. The standard InChI is InChI=1S/C16H9N3O2S2/c17-7-10-1-3-14(16(20)21)19-13(10)4-2-12-9-23-15(18-12)11-5-6-22-8-11/h1-6,8-9H,(H,20,21)/b4-2+. The molecule has 5 nitrogen and oxygen atoms in total. The van der Waals surface area contributed by atoms with E-state index < -0.39 is 5.97 Å². The number of aromatic nitrogens is 2. The van der Waals surface area contributed by atoms with E-state index >= 15 is 0 Å². The van der Waals surface area contributed by atoms with E-state index in [0.29, 0.717) is 11.3 Å². The molecule has 0 atom stereocenters. The van der Waals surface area contributed by atoms with Gasteiger partial charge in [0.05, 0.1) is 17.0 Å². The van der Waals surface area contributed by atoms with Crippen molar-refractivity contribution >= 4 is 40.8 Å². The van der Waals surface area contributed by atoms with Gasteiger partial charge in [-0.1, -0.05) is 0 Å². The molecule has 0 amide bonds. The molecule has 0 aromatic carbocycles. The monoisotopic (exact) mass is 339 g/mol. The van der Waals surface area contributed by atoms with Crippen LogP contribution in [0.2, 0.25) is 0 Å². The molecule has 0 saturated heterocycles. The second kappa shape index (κ2) is 6.52. The Morgan fingerprint density at radius 2 is 2.09 bits per heavy atom. The van der Waals surface area contributed by atoms with Crippen LogP contribution in [-0.4, -0.2) is 21.0 Å². The summed E-state index contributed by atoms with van der Waals surface area (Å²) >= 11 is 3.14.